The lowest BCUT2D eigenvalue weighted by Gasteiger charge is -2.34. The molecule has 0 saturated carbocycles. The fourth-order valence-corrected chi connectivity index (χ4v) is 9.90. The molecule has 0 fully saturated rings. The van der Waals surface area contributed by atoms with Crippen LogP contribution in [0.2, 0.25) is 0 Å². The molecule has 232 valence electrons. The number of hydrogen-bond donors (Lipinski definition) is 0. The number of hydrogen-bond acceptors (Lipinski definition) is 1. The first-order valence-corrected chi connectivity index (χ1v) is 17.7. The molecule has 49 heavy (non-hydrogen) atoms. The average Bonchev–Trinajstić information content (AvgIpc) is 3.86. The van der Waals surface area contributed by atoms with Gasteiger partial charge in [-0.3, -0.25) is 0 Å². The Hall–Kier alpha value is -5.66. The number of para-hydroxylation sites is 1. The molecule has 0 aromatic heterocycles. The number of fused-ring (bicyclic) bond motifs is 13. The third-order valence-electron chi connectivity index (χ3n) is 11.9. The Morgan fingerprint density at radius 3 is 2.16 bits per heavy atom. The van der Waals surface area contributed by atoms with E-state index in [2.05, 4.69) is 157 Å². The molecule has 0 bridgehead atoms. The van der Waals surface area contributed by atoms with E-state index in [1.54, 1.807) is 5.57 Å². The van der Waals surface area contributed by atoms with E-state index in [0.717, 1.165) is 19.3 Å². The lowest BCUT2D eigenvalue weighted by atomic mass is 9.68. The van der Waals surface area contributed by atoms with Crippen molar-refractivity contribution in [2.24, 2.45) is 0 Å². The minimum Gasteiger partial charge on any atom is -0.310 e. The van der Waals surface area contributed by atoms with E-state index in [1.807, 2.05) is 0 Å². The van der Waals surface area contributed by atoms with Gasteiger partial charge >= 0.3 is 0 Å². The van der Waals surface area contributed by atoms with E-state index in [-0.39, 0.29) is 5.41 Å². The minimum absolute atomic E-state index is 0.343. The molecule has 5 aliphatic rings. The Morgan fingerprint density at radius 1 is 0.531 bits per heavy atom. The van der Waals surface area contributed by atoms with Gasteiger partial charge in [-0.2, -0.15) is 0 Å². The SMILES string of the molecule is Cc1ccc2c(c1)C1(C3=C2c2ccccc2C3)c2ccccc2-c2ccc(N(c3ccccc3)c3ccc4c(c3)C3=C(CCC=C3)C4)cc21. The Balaban J connectivity index is 1.17. The zero-order valence-electron chi connectivity index (χ0n) is 27.6. The van der Waals surface area contributed by atoms with Crippen LogP contribution in [-0.4, -0.2) is 0 Å². The lowest BCUT2D eigenvalue weighted by molar-refractivity contribution is 0.744. The molecule has 6 aromatic rings. The molecule has 0 N–H and O–H groups in total. The van der Waals surface area contributed by atoms with Crippen LogP contribution < -0.4 is 4.90 Å². The molecule has 0 saturated heterocycles. The Morgan fingerprint density at radius 2 is 1.24 bits per heavy atom. The van der Waals surface area contributed by atoms with Crippen molar-refractivity contribution in [2.45, 2.75) is 38.0 Å². The number of allylic oxidation sites excluding steroid dienone is 5. The number of anilines is 3. The second-order valence-corrected chi connectivity index (χ2v) is 14.4. The highest BCUT2D eigenvalue weighted by molar-refractivity contribution is 6.02. The van der Waals surface area contributed by atoms with Crippen molar-refractivity contribution in [3.05, 3.63) is 207 Å². The topological polar surface area (TPSA) is 3.24 Å². The van der Waals surface area contributed by atoms with Crippen molar-refractivity contribution in [2.75, 3.05) is 4.90 Å². The fraction of sp³-hybridized carbons (Fsp3) is 0.125. The molecule has 1 spiro atoms. The van der Waals surface area contributed by atoms with Gasteiger partial charge < -0.3 is 4.90 Å². The normalized spacial score (nSPS) is 18.6. The third-order valence-corrected chi connectivity index (χ3v) is 11.9. The first-order chi connectivity index (χ1) is 24.2. The zero-order chi connectivity index (χ0) is 32.3. The summed E-state index contributed by atoms with van der Waals surface area (Å²) in [4.78, 5) is 2.48. The molecular formula is C48H35N. The highest BCUT2D eigenvalue weighted by Crippen LogP contribution is 2.65. The van der Waals surface area contributed by atoms with Gasteiger partial charge in [-0.1, -0.05) is 120 Å². The third kappa shape index (κ3) is 3.60. The molecule has 0 radical (unpaired) electrons. The van der Waals surface area contributed by atoms with Gasteiger partial charge in [0.15, 0.2) is 0 Å². The average molecular weight is 626 g/mol. The van der Waals surface area contributed by atoms with Crippen molar-refractivity contribution in [1.82, 2.24) is 0 Å². The van der Waals surface area contributed by atoms with Crippen LogP contribution in [0.15, 0.2) is 157 Å². The van der Waals surface area contributed by atoms with E-state index in [4.69, 9.17) is 0 Å². The summed E-state index contributed by atoms with van der Waals surface area (Å²) in [5, 5.41) is 0. The predicted octanol–water partition coefficient (Wildman–Crippen LogP) is 11.8. The Bertz CT molecular complexity index is 2510. The second-order valence-electron chi connectivity index (χ2n) is 14.4. The van der Waals surface area contributed by atoms with Gasteiger partial charge in [0.25, 0.3) is 0 Å². The van der Waals surface area contributed by atoms with Crippen molar-refractivity contribution in [3.63, 3.8) is 0 Å². The summed E-state index contributed by atoms with van der Waals surface area (Å²) in [6.45, 7) is 2.25. The standard InChI is InChI=1S/C48H35N/c1-30-19-23-41-44(25-30)48(46-27-32-12-6-8-16-38(32)47(41)46)43-18-10-9-17-39(43)40-24-22-36(29-45(40)48)49(34-13-3-2-4-14-34)35-21-20-33-26-31-11-5-7-15-37(31)42(33)28-35/h2-4,6-10,12-25,28-29H,5,11,26-27H2,1H3. The molecule has 6 aromatic carbocycles. The zero-order valence-corrected chi connectivity index (χ0v) is 27.6. The maximum Gasteiger partial charge on any atom is 0.0692 e. The molecule has 1 atom stereocenters. The van der Waals surface area contributed by atoms with Crippen LogP contribution in [0.5, 0.6) is 0 Å². The monoisotopic (exact) mass is 625 g/mol. The van der Waals surface area contributed by atoms with Gasteiger partial charge in [0.2, 0.25) is 0 Å². The first kappa shape index (κ1) is 27.3. The van der Waals surface area contributed by atoms with Crippen molar-refractivity contribution in [1.29, 1.82) is 0 Å². The van der Waals surface area contributed by atoms with Crippen LogP contribution in [0, 0.1) is 6.92 Å². The highest BCUT2D eigenvalue weighted by Gasteiger charge is 2.54. The van der Waals surface area contributed by atoms with E-state index in [1.165, 1.54) is 101 Å². The van der Waals surface area contributed by atoms with Gasteiger partial charge in [-0.05, 0) is 141 Å². The number of benzene rings is 6. The molecule has 5 aliphatic carbocycles. The molecule has 1 unspecified atom stereocenters. The van der Waals surface area contributed by atoms with Gasteiger partial charge in [-0.15, -0.1) is 0 Å². The summed E-state index contributed by atoms with van der Waals surface area (Å²) < 4.78 is 0. The number of nitrogens with zero attached hydrogens (tertiary/aromatic N) is 1. The Kier molecular flexibility index (Phi) is 5.54. The van der Waals surface area contributed by atoms with Crippen molar-refractivity contribution >= 4 is 28.2 Å². The maximum absolute atomic E-state index is 2.53. The highest BCUT2D eigenvalue weighted by atomic mass is 15.1. The van der Waals surface area contributed by atoms with Gasteiger partial charge in [0.05, 0.1) is 5.41 Å². The summed E-state index contributed by atoms with van der Waals surface area (Å²) in [6, 6.07) is 50.8. The van der Waals surface area contributed by atoms with Crippen molar-refractivity contribution < 1.29 is 0 Å². The molecule has 0 aliphatic heterocycles. The molecule has 1 heteroatoms. The molecule has 11 rings (SSSR count). The Labute approximate surface area is 288 Å². The van der Waals surface area contributed by atoms with Crippen LogP contribution in [0.25, 0.3) is 22.3 Å². The van der Waals surface area contributed by atoms with Crippen LogP contribution in [0.1, 0.15) is 62.9 Å². The quantitative estimate of drug-likeness (QED) is 0.189. The van der Waals surface area contributed by atoms with Crippen LogP contribution in [0.4, 0.5) is 17.1 Å². The van der Waals surface area contributed by atoms with Crippen LogP contribution >= 0.6 is 0 Å². The summed E-state index contributed by atoms with van der Waals surface area (Å²) in [5.74, 6) is 0. The predicted molar refractivity (Wildman–Crippen MR) is 203 cm³/mol. The van der Waals surface area contributed by atoms with Crippen molar-refractivity contribution in [3.8, 4) is 11.1 Å². The number of rotatable bonds is 3. The smallest absolute Gasteiger partial charge is 0.0692 e. The minimum atomic E-state index is -0.343. The molecular weight excluding hydrogens is 591 g/mol. The van der Waals surface area contributed by atoms with E-state index < -0.39 is 0 Å². The molecule has 1 nitrogen and oxygen atoms in total. The molecule has 0 amide bonds. The van der Waals surface area contributed by atoms with Gasteiger partial charge in [0, 0.05) is 17.1 Å². The second kappa shape index (κ2) is 9.94. The number of aryl methyl sites for hydroxylation is 1. The maximum atomic E-state index is 2.53. The summed E-state index contributed by atoms with van der Waals surface area (Å²) in [6.07, 6.45) is 9.09. The fourth-order valence-electron chi connectivity index (χ4n) is 9.90. The molecule has 0 heterocycles. The van der Waals surface area contributed by atoms with E-state index >= 15 is 0 Å². The first-order valence-electron chi connectivity index (χ1n) is 17.7. The van der Waals surface area contributed by atoms with Gasteiger partial charge in [0.1, 0.15) is 0 Å². The largest absolute Gasteiger partial charge is 0.310 e. The van der Waals surface area contributed by atoms with Crippen LogP contribution in [0.3, 0.4) is 0 Å². The summed E-state index contributed by atoms with van der Waals surface area (Å²) in [5.41, 5.74) is 24.6. The van der Waals surface area contributed by atoms with Gasteiger partial charge in [-0.25, -0.2) is 0 Å². The van der Waals surface area contributed by atoms with E-state index in [9.17, 15) is 0 Å². The summed E-state index contributed by atoms with van der Waals surface area (Å²) in [7, 11) is 0. The van der Waals surface area contributed by atoms with Crippen LogP contribution in [-0.2, 0) is 18.3 Å². The lowest BCUT2D eigenvalue weighted by Crippen LogP contribution is -2.28. The summed E-state index contributed by atoms with van der Waals surface area (Å²) >= 11 is 0. The van der Waals surface area contributed by atoms with E-state index in [0.29, 0.717) is 0 Å².